The van der Waals surface area contributed by atoms with Gasteiger partial charge in [0.2, 0.25) is 0 Å². The maximum atomic E-state index is 5.62. The van der Waals surface area contributed by atoms with E-state index in [1.807, 2.05) is 20.8 Å². The number of halogens is 1. The molecule has 16 heavy (non-hydrogen) atoms. The minimum absolute atomic E-state index is 0. The van der Waals surface area contributed by atoms with E-state index in [1.54, 1.807) is 0 Å². The Balaban J connectivity index is 0. The van der Waals surface area contributed by atoms with Crippen LogP contribution in [0.3, 0.4) is 0 Å². The maximum absolute atomic E-state index is 5.62. The van der Waals surface area contributed by atoms with E-state index in [-0.39, 0.29) is 24.0 Å². The maximum Gasteiger partial charge on any atom is 0.188 e. The second-order valence-electron chi connectivity index (χ2n) is 3.86. The lowest BCUT2D eigenvalue weighted by atomic mass is 10.4. The van der Waals surface area contributed by atoms with Crippen LogP contribution in [0.5, 0.6) is 0 Å². The first-order valence-corrected chi connectivity index (χ1v) is 5.32. The lowest BCUT2D eigenvalue weighted by Crippen LogP contribution is -2.33. The Bertz CT molecular complexity index is 217. The van der Waals surface area contributed by atoms with E-state index >= 15 is 0 Å². The van der Waals surface area contributed by atoms with Gasteiger partial charge in [-0.1, -0.05) is 12.2 Å². The van der Waals surface area contributed by atoms with Crippen molar-refractivity contribution in [3.63, 3.8) is 0 Å². The van der Waals surface area contributed by atoms with E-state index in [9.17, 15) is 0 Å². The van der Waals surface area contributed by atoms with Gasteiger partial charge in [0.1, 0.15) is 0 Å². The molecule has 0 saturated carbocycles. The Morgan fingerprint density at radius 1 is 1.50 bits per heavy atom. The van der Waals surface area contributed by atoms with Gasteiger partial charge in [0.05, 0.1) is 12.6 Å². The standard InChI is InChI=1S/C11H23N3O.HI/c1-9(2)8-14-11(12)13-6-5-7-15-10(3)4;/h10H,1,5-8H2,2-4H3,(H3,12,13,14);1H. The molecule has 5 heteroatoms. The van der Waals surface area contributed by atoms with Gasteiger partial charge >= 0.3 is 0 Å². The molecule has 0 aliphatic heterocycles. The quantitative estimate of drug-likeness (QED) is 0.244. The number of nitrogens with two attached hydrogens (primary N) is 1. The molecule has 0 aliphatic rings. The molecule has 0 heterocycles. The summed E-state index contributed by atoms with van der Waals surface area (Å²) in [7, 11) is 0. The first kappa shape index (κ1) is 18.1. The number of rotatable bonds is 7. The summed E-state index contributed by atoms with van der Waals surface area (Å²) < 4.78 is 5.39. The molecule has 0 fully saturated rings. The SMILES string of the molecule is C=C(C)CN=C(N)NCCCOC(C)C.I. The Morgan fingerprint density at radius 3 is 2.62 bits per heavy atom. The summed E-state index contributed by atoms with van der Waals surface area (Å²) in [4.78, 5) is 4.10. The number of ether oxygens (including phenoxy) is 1. The van der Waals surface area contributed by atoms with Crippen molar-refractivity contribution in [1.82, 2.24) is 5.32 Å². The minimum Gasteiger partial charge on any atom is -0.379 e. The number of hydrogen-bond acceptors (Lipinski definition) is 2. The van der Waals surface area contributed by atoms with Crippen LogP contribution in [-0.4, -0.2) is 31.8 Å². The average Bonchev–Trinajstić information content (AvgIpc) is 2.13. The lowest BCUT2D eigenvalue weighted by molar-refractivity contribution is 0.0777. The molecule has 0 unspecified atom stereocenters. The van der Waals surface area contributed by atoms with Crippen LogP contribution in [0.2, 0.25) is 0 Å². The molecule has 4 nitrogen and oxygen atoms in total. The van der Waals surface area contributed by atoms with Crippen LogP contribution in [0.1, 0.15) is 27.2 Å². The molecule has 0 saturated heterocycles. The van der Waals surface area contributed by atoms with E-state index in [0.29, 0.717) is 18.6 Å². The molecule has 3 N–H and O–H groups in total. The first-order valence-electron chi connectivity index (χ1n) is 5.32. The summed E-state index contributed by atoms with van der Waals surface area (Å²) in [6.45, 7) is 11.8. The third-order valence-electron chi connectivity index (χ3n) is 1.60. The van der Waals surface area contributed by atoms with Gasteiger partial charge in [0.25, 0.3) is 0 Å². The van der Waals surface area contributed by atoms with E-state index in [1.165, 1.54) is 0 Å². The van der Waals surface area contributed by atoms with Crippen molar-refractivity contribution >= 4 is 29.9 Å². The van der Waals surface area contributed by atoms with Crippen molar-refractivity contribution in [2.24, 2.45) is 10.7 Å². The second-order valence-corrected chi connectivity index (χ2v) is 3.86. The fraction of sp³-hybridized carbons (Fsp3) is 0.727. The second kappa shape index (κ2) is 11.2. The molecule has 0 radical (unpaired) electrons. The summed E-state index contributed by atoms with van der Waals surface area (Å²) in [6, 6.07) is 0. The van der Waals surface area contributed by atoms with Gasteiger partial charge in [0, 0.05) is 13.2 Å². The molecule has 0 spiro atoms. The van der Waals surface area contributed by atoms with Gasteiger partial charge in [0.15, 0.2) is 5.96 Å². The van der Waals surface area contributed by atoms with Gasteiger partial charge < -0.3 is 15.8 Å². The largest absolute Gasteiger partial charge is 0.379 e. The van der Waals surface area contributed by atoms with Crippen molar-refractivity contribution in [2.45, 2.75) is 33.3 Å². The molecule has 96 valence electrons. The molecule has 0 aromatic rings. The highest BCUT2D eigenvalue weighted by atomic mass is 127. The normalized spacial score (nSPS) is 11.1. The van der Waals surface area contributed by atoms with Gasteiger partial charge in [-0.2, -0.15) is 0 Å². The Labute approximate surface area is 116 Å². The fourth-order valence-corrected chi connectivity index (χ4v) is 0.884. The third-order valence-corrected chi connectivity index (χ3v) is 1.60. The molecule has 0 atom stereocenters. The van der Waals surface area contributed by atoms with Crippen LogP contribution in [0.25, 0.3) is 0 Å². The minimum atomic E-state index is 0. The zero-order chi connectivity index (χ0) is 11.7. The molecule has 0 rings (SSSR count). The molecule has 0 aromatic carbocycles. The van der Waals surface area contributed by atoms with Crippen molar-refractivity contribution in [3.05, 3.63) is 12.2 Å². The van der Waals surface area contributed by atoms with Crippen molar-refractivity contribution in [2.75, 3.05) is 19.7 Å². The number of aliphatic imine (C=N–C) groups is 1. The number of nitrogens with one attached hydrogen (secondary N) is 1. The van der Waals surface area contributed by atoms with Gasteiger partial charge in [-0.3, -0.25) is 0 Å². The zero-order valence-corrected chi connectivity index (χ0v) is 12.8. The number of hydrogen-bond donors (Lipinski definition) is 2. The third kappa shape index (κ3) is 13.7. The molecule has 0 aromatic heterocycles. The smallest absolute Gasteiger partial charge is 0.188 e. The molecule has 0 amide bonds. The van der Waals surface area contributed by atoms with E-state index in [2.05, 4.69) is 16.9 Å². The number of nitrogens with zero attached hydrogens (tertiary/aromatic N) is 1. The summed E-state index contributed by atoms with van der Waals surface area (Å²) in [5.74, 6) is 0.475. The van der Waals surface area contributed by atoms with Crippen LogP contribution >= 0.6 is 24.0 Å². The van der Waals surface area contributed by atoms with E-state index in [4.69, 9.17) is 10.5 Å². The monoisotopic (exact) mass is 341 g/mol. The van der Waals surface area contributed by atoms with Gasteiger partial charge in [-0.15, -0.1) is 24.0 Å². The highest BCUT2D eigenvalue weighted by molar-refractivity contribution is 14.0. The summed E-state index contributed by atoms with van der Waals surface area (Å²) in [5, 5.41) is 3.02. The first-order chi connectivity index (χ1) is 7.02. The van der Waals surface area contributed by atoms with Gasteiger partial charge in [-0.05, 0) is 27.2 Å². The molecular weight excluding hydrogens is 317 g/mol. The Morgan fingerprint density at radius 2 is 2.12 bits per heavy atom. The van der Waals surface area contributed by atoms with Crippen LogP contribution in [0.4, 0.5) is 0 Å². The fourth-order valence-electron chi connectivity index (χ4n) is 0.884. The van der Waals surface area contributed by atoms with E-state index < -0.39 is 0 Å². The van der Waals surface area contributed by atoms with Crippen LogP contribution in [-0.2, 0) is 4.74 Å². The van der Waals surface area contributed by atoms with Gasteiger partial charge in [-0.25, -0.2) is 4.99 Å². The van der Waals surface area contributed by atoms with Crippen LogP contribution in [0.15, 0.2) is 17.1 Å². The molecule has 0 bridgehead atoms. The zero-order valence-electron chi connectivity index (χ0n) is 10.5. The predicted molar refractivity (Wildman–Crippen MR) is 80.4 cm³/mol. The summed E-state index contributed by atoms with van der Waals surface area (Å²) >= 11 is 0. The summed E-state index contributed by atoms with van der Waals surface area (Å²) in [5.41, 5.74) is 6.62. The lowest BCUT2D eigenvalue weighted by Gasteiger charge is -2.08. The van der Waals surface area contributed by atoms with Crippen molar-refractivity contribution in [3.8, 4) is 0 Å². The van der Waals surface area contributed by atoms with Crippen LogP contribution < -0.4 is 11.1 Å². The molecule has 0 aliphatic carbocycles. The van der Waals surface area contributed by atoms with E-state index in [0.717, 1.165) is 25.1 Å². The van der Waals surface area contributed by atoms with Crippen molar-refractivity contribution < 1.29 is 4.74 Å². The molecular formula is C11H24IN3O. The highest BCUT2D eigenvalue weighted by Crippen LogP contribution is 1.89. The topological polar surface area (TPSA) is 59.6 Å². The van der Waals surface area contributed by atoms with Crippen LogP contribution in [0, 0.1) is 0 Å². The highest BCUT2D eigenvalue weighted by Gasteiger charge is 1.94. The Kier molecular flexibility index (Phi) is 12.6. The predicted octanol–water partition coefficient (Wildman–Crippen LogP) is 1.90. The number of guanidine groups is 1. The Hall–Kier alpha value is -0.300. The van der Waals surface area contributed by atoms with Crippen molar-refractivity contribution in [1.29, 1.82) is 0 Å². The average molecular weight is 341 g/mol. The summed E-state index contributed by atoms with van der Waals surface area (Å²) in [6.07, 6.45) is 1.22.